The maximum Gasteiger partial charge on any atom is 0.416 e. The highest BCUT2D eigenvalue weighted by Gasteiger charge is 2.31. The van der Waals surface area contributed by atoms with Crippen LogP contribution in [0.2, 0.25) is 0 Å². The van der Waals surface area contributed by atoms with E-state index in [4.69, 9.17) is 5.73 Å². The lowest BCUT2D eigenvalue weighted by Gasteiger charge is -2.14. The number of nitrogen functional groups attached to an aromatic ring is 1. The normalized spacial score (nSPS) is 13.1. The van der Waals surface area contributed by atoms with Crippen molar-refractivity contribution in [3.8, 4) is 0 Å². The number of nitrogens with two attached hydrogens (primary N) is 1. The molecule has 0 aromatic heterocycles. The Morgan fingerprint density at radius 1 is 1.45 bits per heavy atom. The zero-order valence-electron chi connectivity index (χ0n) is 11.3. The van der Waals surface area contributed by atoms with Gasteiger partial charge in [0.15, 0.2) is 0 Å². The van der Waals surface area contributed by atoms with E-state index in [-0.39, 0.29) is 22.5 Å². The average molecular weight is 306 g/mol. The van der Waals surface area contributed by atoms with Crippen molar-refractivity contribution in [1.29, 1.82) is 0 Å². The predicted octanol–water partition coefficient (Wildman–Crippen LogP) is 3.76. The first-order valence-corrected chi connectivity index (χ1v) is 7.19. The van der Waals surface area contributed by atoms with Gasteiger partial charge < -0.3 is 11.1 Å². The molecule has 1 amide bonds. The first kappa shape index (κ1) is 16.7. The first-order valence-electron chi connectivity index (χ1n) is 6.15. The van der Waals surface area contributed by atoms with Crippen LogP contribution in [0.3, 0.4) is 0 Å². The average Bonchev–Trinajstić information content (AvgIpc) is 2.36. The van der Waals surface area contributed by atoms with Gasteiger partial charge in [0.25, 0.3) is 0 Å². The Morgan fingerprint density at radius 2 is 2.10 bits per heavy atom. The minimum atomic E-state index is -4.44. The van der Waals surface area contributed by atoms with Crippen molar-refractivity contribution < 1.29 is 18.0 Å². The van der Waals surface area contributed by atoms with Crippen LogP contribution in [-0.4, -0.2) is 16.9 Å². The second-order valence-corrected chi connectivity index (χ2v) is 5.75. The van der Waals surface area contributed by atoms with E-state index in [1.165, 1.54) is 17.8 Å². The number of anilines is 2. The van der Waals surface area contributed by atoms with Crippen molar-refractivity contribution >= 4 is 29.0 Å². The van der Waals surface area contributed by atoms with E-state index < -0.39 is 11.7 Å². The van der Waals surface area contributed by atoms with Crippen LogP contribution in [-0.2, 0) is 11.0 Å². The standard InChI is InChI=1S/C13H17F3N2OS/c1-3-6-20-8(2)12(19)18-11-5-4-9(7-10(11)17)13(14,15)16/h4-5,7-8H,3,6,17H2,1-2H3,(H,18,19). The second kappa shape index (κ2) is 6.88. The van der Waals surface area contributed by atoms with Gasteiger partial charge in [-0.05, 0) is 37.3 Å². The predicted molar refractivity (Wildman–Crippen MR) is 76.7 cm³/mol. The Labute approximate surface area is 120 Å². The van der Waals surface area contributed by atoms with Gasteiger partial charge in [-0.15, -0.1) is 11.8 Å². The minimum absolute atomic E-state index is 0.0964. The number of hydrogen-bond acceptors (Lipinski definition) is 3. The Bertz CT molecular complexity index is 477. The zero-order valence-corrected chi connectivity index (χ0v) is 12.1. The van der Waals surface area contributed by atoms with Crippen LogP contribution in [0.25, 0.3) is 0 Å². The molecule has 0 fully saturated rings. The van der Waals surface area contributed by atoms with Crippen molar-refractivity contribution in [1.82, 2.24) is 0 Å². The molecule has 0 aliphatic rings. The summed E-state index contributed by atoms with van der Waals surface area (Å²) in [6.45, 7) is 3.75. The van der Waals surface area contributed by atoms with Gasteiger partial charge in [-0.2, -0.15) is 13.2 Å². The van der Waals surface area contributed by atoms with Gasteiger partial charge in [0, 0.05) is 0 Å². The Kier molecular flexibility index (Phi) is 5.74. The number of thioether (sulfide) groups is 1. The summed E-state index contributed by atoms with van der Waals surface area (Å²) in [4.78, 5) is 11.8. The molecule has 1 unspecified atom stereocenters. The van der Waals surface area contributed by atoms with Crippen LogP contribution in [0.15, 0.2) is 18.2 Å². The molecule has 0 spiro atoms. The molecule has 0 saturated heterocycles. The van der Waals surface area contributed by atoms with E-state index in [9.17, 15) is 18.0 Å². The van der Waals surface area contributed by atoms with Crippen LogP contribution in [0.1, 0.15) is 25.8 Å². The Hall–Kier alpha value is -1.37. The van der Waals surface area contributed by atoms with Gasteiger partial charge >= 0.3 is 6.18 Å². The largest absolute Gasteiger partial charge is 0.416 e. The molecule has 7 heteroatoms. The third kappa shape index (κ3) is 4.63. The number of hydrogen-bond donors (Lipinski definition) is 2. The summed E-state index contributed by atoms with van der Waals surface area (Å²) in [5.41, 5.74) is 4.82. The number of alkyl halides is 3. The lowest BCUT2D eigenvalue weighted by atomic mass is 10.1. The molecule has 3 N–H and O–H groups in total. The smallest absolute Gasteiger partial charge is 0.397 e. The SMILES string of the molecule is CCCSC(C)C(=O)Nc1ccc(C(F)(F)F)cc1N. The van der Waals surface area contributed by atoms with Crippen LogP contribution < -0.4 is 11.1 Å². The molecule has 0 aliphatic carbocycles. The van der Waals surface area contributed by atoms with Crippen molar-refractivity contribution in [3.63, 3.8) is 0 Å². The summed E-state index contributed by atoms with van der Waals surface area (Å²) in [7, 11) is 0. The molecular formula is C13H17F3N2OS. The monoisotopic (exact) mass is 306 g/mol. The fourth-order valence-electron chi connectivity index (χ4n) is 1.46. The fraction of sp³-hybridized carbons (Fsp3) is 0.462. The third-order valence-electron chi connectivity index (χ3n) is 2.58. The van der Waals surface area contributed by atoms with Crippen LogP contribution in [0.4, 0.5) is 24.5 Å². The zero-order chi connectivity index (χ0) is 15.3. The molecule has 3 nitrogen and oxygen atoms in total. The molecule has 1 aromatic carbocycles. The molecular weight excluding hydrogens is 289 g/mol. The van der Waals surface area contributed by atoms with Crippen LogP contribution >= 0.6 is 11.8 Å². The number of halogens is 3. The van der Waals surface area contributed by atoms with Gasteiger partial charge in [0.1, 0.15) is 0 Å². The third-order valence-corrected chi connectivity index (χ3v) is 3.94. The molecule has 0 radical (unpaired) electrons. The lowest BCUT2D eigenvalue weighted by molar-refractivity contribution is -0.137. The molecule has 1 rings (SSSR count). The van der Waals surface area contributed by atoms with E-state index >= 15 is 0 Å². The molecule has 1 atom stereocenters. The summed E-state index contributed by atoms with van der Waals surface area (Å²) in [5, 5.41) is 2.26. The first-order chi connectivity index (χ1) is 9.25. The van der Waals surface area contributed by atoms with Crippen molar-refractivity contribution in [2.45, 2.75) is 31.7 Å². The van der Waals surface area contributed by atoms with Crippen molar-refractivity contribution in [2.75, 3.05) is 16.8 Å². The second-order valence-electron chi connectivity index (χ2n) is 4.30. The Balaban J connectivity index is 2.76. The van der Waals surface area contributed by atoms with E-state index in [0.29, 0.717) is 0 Å². The highest BCUT2D eigenvalue weighted by molar-refractivity contribution is 8.00. The van der Waals surface area contributed by atoms with Gasteiger partial charge in [-0.3, -0.25) is 4.79 Å². The quantitative estimate of drug-likeness (QED) is 0.814. The lowest BCUT2D eigenvalue weighted by Crippen LogP contribution is -2.23. The van der Waals surface area contributed by atoms with Gasteiger partial charge in [0.05, 0.1) is 22.2 Å². The number of nitrogens with one attached hydrogen (secondary N) is 1. The number of carbonyl (C=O) groups excluding carboxylic acids is 1. The maximum absolute atomic E-state index is 12.5. The van der Waals surface area contributed by atoms with Crippen LogP contribution in [0, 0.1) is 0 Å². The summed E-state index contributed by atoms with van der Waals surface area (Å²) in [6.07, 6.45) is -3.49. The molecule has 112 valence electrons. The van der Waals surface area contributed by atoms with E-state index in [0.717, 1.165) is 24.3 Å². The van der Waals surface area contributed by atoms with Gasteiger partial charge in [-0.1, -0.05) is 6.92 Å². The summed E-state index contributed by atoms with van der Waals surface area (Å²) in [5.74, 6) is 0.576. The van der Waals surface area contributed by atoms with Crippen LogP contribution in [0.5, 0.6) is 0 Å². The number of carbonyl (C=O) groups is 1. The highest BCUT2D eigenvalue weighted by atomic mass is 32.2. The number of benzene rings is 1. The van der Waals surface area contributed by atoms with E-state index in [1.54, 1.807) is 6.92 Å². The molecule has 0 heterocycles. The minimum Gasteiger partial charge on any atom is -0.397 e. The number of rotatable bonds is 5. The van der Waals surface area contributed by atoms with E-state index in [1.807, 2.05) is 6.92 Å². The van der Waals surface area contributed by atoms with E-state index in [2.05, 4.69) is 5.32 Å². The highest BCUT2D eigenvalue weighted by Crippen LogP contribution is 2.33. The molecule has 20 heavy (non-hydrogen) atoms. The molecule has 1 aromatic rings. The number of amides is 1. The van der Waals surface area contributed by atoms with Crippen molar-refractivity contribution in [3.05, 3.63) is 23.8 Å². The maximum atomic E-state index is 12.5. The topological polar surface area (TPSA) is 55.1 Å². The van der Waals surface area contributed by atoms with Gasteiger partial charge in [-0.25, -0.2) is 0 Å². The summed E-state index contributed by atoms with van der Waals surface area (Å²) in [6, 6.07) is 2.89. The van der Waals surface area contributed by atoms with Crippen molar-refractivity contribution in [2.24, 2.45) is 0 Å². The van der Waals surface area contributed by atoms with Gasteiger partial charge in [0.2, 0.25) is 5.91 Å². The molecule has 0 aliphatic heterocycles. The Morgan fingerprint density at radius 3 is 2.60 bits per heavy atom. The fourth-order valence-corrected chi connectivity index (χ4v) is 2.26. The summed E-state index contributed by atoms with van der Waals surface area (Å²) < 4.78 is 37.5. The molecule has 0 saturated carbocycles. The summed E-state index contributed by atoms with van der Waals surface area (Å²) >= 11 is 1.48. The molecule has 0 bridgehead atoms.